The summed E-state index contributed by atoms with van der Waals surface area (Å²) in [4.78, 5) is 20.5. The van der Waals surface area contributed by atoms with Crippen molar-refractivity contribution in [2.75, 3.05) is 6.54 Å². The monoisotopic (exact) mass is 315 g/mol. The maximum absolute atomic E-state index is 12.6. The van der Waals surface area contributed by atoms with Crippen molar-refractivity contribution < 1.29 is 13.2 Å². The third-order valence-corrected chi connectivity index (χ3v) is 4.24. The minimum absolute atomic E-state index is 0.258. The first-order valence-electron chi connectivity index (χ1n) is 6.37. The molecule has 0 bridgehead atoms. The molecule has 2 aromatic rings. The molecule has 8 heteroatoms. The van der Waals surface area contributed by atoms with Crippen LogP contribution in [0.1, 0.15) is 22.0 Å². The van der Waals surface area contributed by atoms with Gasteiger partial charge in [-0.2, -0.15) is 13.2 Å². The first-order chi connectivity index (χ1) is 9.93. The molecule has 0 aromatic carbocycles. The Morgan fingerprint density at radius 3 is 2.90 bits per heavy atom. The van der Waals surface area contributed by atoms with Crippen LogP contribution in [-0.2, 0) is 25.7 Å². The average molecular weight is 315 g/mol. The smallest absolute Gasteiger partial charge is 0.303 e. The molecule has 0 amide bonds. The van der Waals surface area contributed by atoms with Gasteiger partial charge in [0.25, 0.3) is 5.56 Å². The summed E-state index contributed by atoms with van der Waals surface area (Å²) >= 11 is 1.62. The number of thiophene rings is 1. The van der Waals surface area contributed by atoms with E-state index in [1.54, 1.807) is 11.3 Å². The van der Waals surface area contributed by atoms with Crippen LogP contribution in [0, 0.1) is 0 Å². The summed E-state index contributed by atoms with van der Waals surface area (Å²) < 4.78 is 37.9. The van der Waals surface area contributed by atoms with Crippen LogP contribution in [0.15, 0.2) is 22.3 Å². The van der Waals surface area contributed by atoms with E-state index in [-0.39, 0.29) is 5.69 Å². The van der Waals surface area contributed by atoms with Gasteiger partial charge < -0.3 is 4.98 Å². The second-order valence-corrected chi connectivity index (χ2v) is 5.91. The SMILES string of the molecule is O=c1[nH]c(C(F)(F)F)nc2c1CN(Cc1cccs1)CC2. The predicted molar refractivity (Wildman–Crippen MR) is 72.0 cm³/mol. The van der Waals surface area contributed by atoms with Gasteiger partial charge in [-0.3, -0.25) is 9.69 Å². The molecule has 0 saturated heterocycles. The van der Waals surface area contributed by atoms with Crippen molar-refractivity contribution >= 4 is 11.3 Å². The van der Waals surface area contributed by atoms with Gasteiger partial charge >= 0.3 is 6.18 Å². The van der Waals surface area contributed by atoms with Crippen LogP contribution in [0.2, 0.25) is 0 Å². The Morgan fingerprint density at radius 2 is 2.24 bits per heavy atom. The highest BCUT2D eigenvalue weighted by Crippen LogP contribution is 2.26. The Kier molecular flexibility index (Phi) is 3.58. The lowest BCUT2D eigenvalue weighted by molar-refractivity contribution is -0.145. The van der Waals surface area contributed by atoms with Crippen molar-refractivity contribution in [3.8, 4) is 0 Å². The van der Waals surface area contributed by atoms with Crippen molar-refractivity contribution in [3.63, 3.8) is 0 Å². The van der Waals surface area contributed by atoms with E-state index in [1.165, 1.54) is 0 Å². The quantitative estimate of drug-likeness (QED) is 0.926. The summed E-state index contributed by atoms with van der Waals surface area (Å²) in [5, 5.41) is 1.97. The molecular weight excluding hydrogens is 303 g/mol. The zero-order chi connectivity index (χ0) is 15.0. The minimum atomic E-state index is -4.62. The molecule has 0 saturated carbocycles. The van der Waals surface area contributed by atoms with E-state index in [1.807, 2.05) is 27.4 Å². The number of hydrogen-bond acceptors (Lipinski definition) is 4. The molecule has 0 atom stereocenters. The summed E-state index contributed by atoms with van der Waals surface area (Å²) in [5.41, 5.74) is -0.0949. The first-order valence-corrected chi connectivity index (χ1v) is 7.25. The third-order valence-electron chi connectivity index (χ3n) is 3.38. The van der Waals surface area contributed by atoms with Gasteiger partial charge in [-0.1, -0.05) is 6.07 Å². The van der Waals surface area contributed by atoms with Crippen molar-refractivity contribution in [2.45, 2.75) is 25.7 Å². The zero-order valence-electron chi connectivity index (χ0n) is 10.9. The molecule has 0 aliphatic carbocycles. The number of rotatable bonds is 2. The molecular formula is C13H12F3N3OS. The molecule has 0 unspecified atom stereocenters. The normalized spacial score (nSPS) is 16.0. The van der Waals surface area contributed by atoms with Crippen LogP contribution < -0.4 is 5.56 Å². The lowest BCUT2D eigenvalue weighted by Crippen LogP contribution is -2.36. The number of halogens is 3. The molecule has 112 valence electrons. The Hall–Kier alpha value is -1.67. The second kappa shape index (κ2) is 5.27. The van der Waals surface area contributed by atoms with E-state index in [9.17, 15) is 18.0 Å². The fourth-order valence-corrected chi connectivity index (χ4v) is 3.12. The molecule has 21 heavy (non-hydrogen) atoms. The lowest BCUT2D eigenvalue weighted by Gasteiger charge is -2.27. The fraction of sp³-hybridized carbons (Fsp3) is 0.385. The minimum Gasteiger partial charge on any atom is -0.303 e. The molecule has 3 rings (SSSR count). The molecule has 4 nitrogen and oxygen atoms in total. The zero-order valence-corrected chi connectivity index (χ0v) is 11.7. The average Bonchev–Trinajstić information content (AvgIpc) is 2.91. The molecule has 1 aliphatic heterocycles. The number of hydrogen-bond donors (Lipinski definition) is 1. The summed E-state index contributed by atoms with van der Waals surface area (Å²) in [7, 11) is 0. The van der Waals surface area contributed by atoms with E-state index < -0.39 is 17.6 Å². The van der Waals surface area contributed by atoms with Gasteiger partial charge in [-0.15, -0.1) is 11.3 Å². The number of aromatic nitrogens is 2. The van der Waals surface area contributed by atoms with Crippen LogP contribution in [0.25, 0.3) is 0 Å². The van der Waals surface area contributed by atoms with Crippen LogP contribution in [0.4, 0.5) is 13.2 Å². The van der Waals surface area contributed by atoms with Gasteiger partial charge in [-0.05, 0) is 11.4 Å². The van der Waals surface area contributed by atoms with E-state index in [0.717, 1.165) is 4.88 Å². The molecule has 1 N–H and O–H groups in total. The van der Waals surface area contributed by atoms with Gasteiger partial charge in [0.1, 0.15) is 0 Å². The van der Waals surface area contributed by atoms with Crippen LogP contribution in [0.3, 0.4) is 0 Å². The molecule has 2 aromatic heterocycles. The highest BCUT2D eigenvalue weighted by atomic mass is 32.1. The third kappa shape index (κ3) is 3.01. The number of nitrogens with zero attached hydrogens (tertiary/aromatic N) is 2. The Bertz CT molecular complexity index is 694. The summed E-state index contributed by atoms with van der Waals surface area (Å²) in [6.07, 6.45) is -4.27. The number of alkyl halides is 3. The lowest BCUT2D eigenvalue weighted by atomic mass is 10.1. The molecule has 0 radical (unpaired) electrons. The fourth-order valence-electron chi connectivity index (χ4n) is 2.37. The Labute approximate surface area is 122 Å². The molecule has 3 heterocycles. The van der Waals surface area contributed by atoms with Crippen LogP contribution in [-0.4, -0.2) is 21.4 Å². The maximum Gasteiger partial charge on any atom is 0.449 e. The Balaban J connectivity index is 1.85. The van der Waals surface area contributed by atoms with Crippen molar-refractivity contribution in [1.82, 2.24) is 14.9 Å². The van der Waals surface area contributed by atoms with E-state index >= 15 is 0 Å². The number of fused-ring (bicyclic) bond motifs is 1. The number of H-pyrrole nitrogens is 1. The summed E-state index contributed by atoms with van der Waals surface area (Å²) in [6, 6.07) is 3.94. The number of nitrogens with one attached hydrogen (secondary N) is 1. The predicted octanol–water partition coefficient (Wildman–Crippen LogP) is 2.41. The standard InChI is InChI=1S/C13H12F3N3OS/c14-13(15,16)12-17-10-3-4-19(6-8-2-1-5-21-8)7-9(10)11(20)18-12/h1-2,5H,3-4,6-7H2,(H,17,18,20). The van der Waals surface area contributed by atoms with Crippen LogP contribution in [0.5, 0.6) is 0 Å². The Morgan fingerprint density at radius 1 is 1.43 bits per heavy atom. The van der Waals surface area contributed by atoms with Gasteiger partial charge in [0.2, 0.25) is 5.82 Å². The van der Waals surface area contributed by atoms with Crippen molar-refractivity contribution in [3.05, 3.63) is 49.8 Å². The summed E-state index contributed by atoms with van der Waals surface area (Å²) in [6.45, 7) is 1.62. The number of aromatic amines is 1. The highest BCUT2D eigenvalue weighted by molar-refractivity contribution is 7.09. The van der Waals surface area contributed by atoms with E-state index in [2.05, 4.69) is 4.98 Å². The van der Waals surface area contributed by atoms with E-state index in [0.29, 0.717) is 31.6 Å². The van der Waals surface area contributed by atoms with Gasteiger partial charge in [0, 0.05) is 30.9 Å². The molecule has 0 fully saturated rings. The van der Waals surface area contributed by atoms with Crippen LogP contribution >= 0.6 is 11.3 Å². The highest BCUT2D eigenvalue weighted by Gasteiger charge is 2.35. The largest absolute Gasteiger partial charge is 0.449 e. The van der Waals surface area contributed by atoms with E-state index in [4.69, 9.17) is 0 Å². The second-order valence-electron chi connectivity index (χ2n) is 4.88. The van der Waals surface area contributed by atoms with Crippen molar-refractivity contribution in [2.24, 2.45) is 0 Å². The van der Waals surface area contributed by atoms with Gasteiger partial charge in [0.05, 0.1) is 11.3 Å². The van der Waals surface area contributed by atoms with Gasteiger partial charge in [0.15, 0.2) is 0 Å². The molecule has 0 spiro atoms. The maximum atomic E-state index is 12.6. The topological polar surface area (TPSA) is 49.0 Å². The molecule has 1 aliphatic rings. The first kappa shape index (κ1) is 14.3. The van der Waals surface area contributed by atoms with Gasteiger partial charge in [-0.25, -0.2) is 4.98 Å². The van der Waals surface area contributed by atoms with Crippen molar-refractivity contribution in [1.29, 1.82) is 0 Å². The summed E-state index contributed by atoms with van der Waals surface area (Å²) in [5.74, 6) is -1.21.